The standard InChI is InChI=1S/C24H26ClFN4O2S/c1-5-12-30-23(16(4)32-21-11-8-18(26)13-20(21)25)28-29-24(30)33-14-22(31)27-19-9-6-17(7-10-19)15(2)3/h5-11,13,15-16H,1,12,14H2,2-4H3,(H,27,31). The lowest BCUT2D eigenvalue weighted by Gasteiger charge is -2.16. The number of nitrogens with zero attached hydrogens (tertiary/aromatic N) is 3. The Morgan fingerprint density at radius 2 is 1.97 bits per heavy atom. The van der Waals surface area contributed by atoms with E-state index in [1.807, 2.05) is 28.8 Å². The quantitative estimate of drug-likeness (QED) is 0.270. The van der Waals surface area contributed by atoms with Gasteiger partial charge in [-0.1, -0.05) is 55.4 Å². The summed E-state index contributed by atoms with van der Waals surface area (Å²) >= 11 is 7.34. The first kappa shape index (κ1) is 24.8. The van der Waals surface area contributed by atoms with Gasteiger partial charge in [0, 0.05) is 12.2 Å². The second kappa shape index (κ2) is 11.3. The van der Waals surface area contributed by atoms with E-state index in [9.17, 15) is 9.18 Å². The van der Waals surface area contributed by atoms with Crippen LogP contribution in [0, 0.1) is 5.82 Å². The van der Waals surface area contributed by atoms with Gasteiger partial charge in [0.1, 0.15) is 11.6 Å². The number of ether oxygens (including phenoxy) is 1. The van der Waals surface area contributed by atoms with E-state index in [1.165, 1.54) is 35.5 Å². The summed E-state index contributed by atoms with van der Waals surface area (Å²) in [6.07, 6.45) is 1.20. The van der Waals surface area contributed by atoms with Gasteiger partial charge in [0.05, 0.1) is 10.8 Å². The van der Waals surface area contributed by atoms with Crippen molar-refractivity contribution in [3.05, 3.63) is 77.3 Å². The number of nitrogens with one attached hydrogen (secondary N) is 1. The molecule has 0 aliphatic carbocycles. The highest BCUT2D eigenvalue weighted by Crippen LogP contribution is 2.30. The highest BCUT2D eigenvalue weighted by Gasteiger charge is 2.20. The van der Waals surface area contributed by atoms with Gasteiger partial charge in [0.25, 0.3) is 0 Å². The van der Waals surface area contributed by atoms with Gasteiger partial charge < -0.3 is 10.1 Å². The number of thioether (sulfide) groups is 1. The zero-order chi connectivity index (χ0) is 24.0. The SMILES string of the molecule is C=CCn1c(SCC(=O)Nc2ccc(C(C)C)cc2)nnc1C(C)Oc1ccc(F)cc1Cl. The highest BCUT2D eigenvalue weighted by atomic mass is 35.5. The van der Waals surface area contributed by atoms with Crippen LogP contribution in [0.25, 0.3) is 0 Å². The third-order valence-corrected chi connectivity index (χ3v) is 6.07. The molecule has 1 amide bonds. The molecular formula is C24H26ClFN4O2S. The highest BCUT2D eigenvalue weighted by molar-refractivity contribution is 7.99. The normalized spacial score (nSPS) is 11.9. The van der Waals surface area contributed by atoms with E-state index < -0.39 is 11.9 Å². The van der Waals surface area contributed by atoms with E-state index in [2.05, 4.69) is 35.9 Å². The van der Waals surface area contributed by atoms with Crippen LogP contribution in [0.4, 0.5) is 10.1 Å². The monoisotopic (exact) mass is 488 g/mol. The van der Waals surface area contributed by atoms with Crippen molar-refractivity contribution in [3.8, 4) is 5.75 Å². The molecule has 1 atom stereocenters. The van der Waals surface area contributed by atoms with Crippen LogP contribution in [0.5, 0.6) is 5.75 Å². The van der Waals surface area contributed by atoms with Crippen molar-refractivity contribution in [1.82, 2.24) is 14.8 Å². The number of allylic oxidation sites excluding steroid dienone is 1. The van der Waals surface area contributed by atoms with Gasteiger partial charge in [-0.3, -0.25) is 9.36 Å². The number of amides is 1. The van der Waals surface area contributed by atoms with E-state index in [0.717, 1.165) is 5.69 Å². The Kier molecular flexibility index (Phi) is 8.52. The fourth-order valence-electron chi connectivity index (χ4n) is 3.10. The lowest BCUT2D eigenvalue weighted by Crippen LogP contribution is -2.15. The summed E-state index contributed by atoms with van der Waals surface area (Å²) in [5.41, 5.74) is 1.96. The first-order chi connectivity index (χ1) is 15.8. The van der Waals surface area contributed by atoms with Crippen molar-refractivity contribution in [3.63, 3.8) is 0 Å². The average Bonchev–Trinajstić information content (AvgIpc) is 3.17. The Balaban J connectivity index is 1.65. The number of carbonyl (C=O) groups excluding carboxylic acids is 1. The van der Waals surface area contributed by atoms with Crippen LogP contribution < -0.4 is 10.1 Å². The minimum atomic E-state index is -0.511. The molecule has 9 heteroatoms. The number of hydrogen-bond donors (Lipinski definition) is 1. The van der Waals surface area contributed by atoms with E-state index in [0.29, 0.717) is 29.2 Å². The van der Waals surface area contributed by atoms with Crippen LogP contribution in [0.15, 0.2) is 60.3 Å². The first-order valence-electron chi connectivity index (χ1n) is 10.5. The molecule has 0 saturated heterocycles. The summed E-state index contributed by atoms with van der Waals surface area (Å²) in [6, 6.07) is 11.7. The van der Waals surface area contributed by atoms with Crippen molar-refractivity contribution in [2.45, 2.75) is 44.5 Å². The maximum Gasteiger partial charge on any atom is 0.234 e. The molecule has 2 aromatic carbocycles. The molecule has 174 valence electrons. The number of anilines is 1. The van der Waals surface area contributed by atoms with E-state index in [4.69, 9.17) is 16.3 Å². The molecule has 0 fully saturated rings. The summed E-state index contributed by atoms with van der Waals surface area (Å²) in [4.78, 5) is 12.4. The van der Waals surface area contributed by atoms with Gasteiger partial charge in [0.2, 0.25) is 5.91 Å². The predicted octanol–water partition coefficient (Wildman–Crippen LogP) is 6.25. The Labute approximate surface area is 202 Å². The van der Waals surface area contributed by atoms with Crippen LogP contribution in [-0.4, -0.2) is 26.4 Å². The van der Waals surface area contributed by atoms with E-state index in [-0.39, 0.29) is 16.7 Å². The number of rotatable bonds is 10. The van der Waals surface area contributed by atoms with Gasteiger partial charge in [-0.15, -0.1) is 16.8 Å². The molecule has 33 heavy (non-hydrogen) atoms. The molecule has 1 heterocycles. The van der Waals surface area contributed by atoms with Gasteiger partial charge in [-0.2, -0.15) is 0 Å². The van der Waals surface area contributed by atoms with E-state index >= 15 is 0 Å². The predicted molar refractivity (Wildman–Crippen MR) is 131 cm³/mol. The van der Waals surface area contributed by atoms with Gasteiger partial charge in [-0.25, -0.2) is 4.39 Å². The Hall–Kier alpha value is -2.84. The summed E-state index contributed by atoms with van der Waals surface area (Å²) < 4.78 is 21.0. The third kappa shape index (κ3) is 6.58. The Bertz CT molecular complexity index is 1120. The number of hydrogen-bond acceptors (Lipinski definition) is 5. The molecule has 0 aliphatic heterocycles. The molecule has 3 aromatic rings. The van der Waals surface area contributed by atoms with Crippen molar-refractivity contribution in [2.24, 2.45) is 0 Å². The van der Waals surface area contributed by atoms with Crippen LogP contribution in [0.1, 0.15) is 44.2 Å². The number of halogens is 2. The first-order valence-corrected chi connectivity index (χ1v) is 11.8. The fourth-order valence-corrected chi connectivity index (χ4v) is 4.07. The van der Waals surface area contributed by atoms with Crippen LogP contribution in [0.3, 0.4) is 0 Å². The zero-order valence-electron chi connectivity index (χ0n) is 18.7. The molecule has 0 aliphatic rings. The summed E-state index contributed by atoms with van der Waals surface area (Å²) in [5, 5.41) is 12.1. The molecular weight excluding hydrogens is 463 g/mol. The summed E-state index contributed by atoms with van der Waals surface area (Å²) in [5.74, 6) is 0.900. The molecule has 1 aromatic heterocycles. The molecule has 0 spiro atoms. The number of benzene rings is 2. The molecule has 3 rings (SSSR count). The minimum Gasteiger partial charge on any atom is -0.481 e. The van der Waals surface area contributed by atoms with Crippen LogP contribution in [0.2, 0.25) is 5.02 Å². The largest absolute Gasteiger partial charge is 0.481 e. The molecule has 6 nitrogen and oxygen atoms in total. The van der Waals surface area contributed by atoms with Crippen molar-refractivity contribution in [2.75, 3.05) is 11.1 Å². The van der Waals surface area contributed by atoms with Gasteiger partial charge in [-0.05, 0) is 48.7 Å². The molecule has 1 unspecified atom stereocenters. The molecule has 0 radical (unpaired) electrons. The maximum atomic E-state index is 13.3. The zero-order valence-corrected chi connectivity index (χ0v) is 20.3. The Morgan fingerprint density at radius 3 is 2.61 bits per heavy atom. The summed E-state index contributed by atoms with van der Waals surface area (Å²) in [6.45, 7) is 10.3. The van der Waals surface area contributed by atoms with Crippen molar-refractivity contribution in [1.29, 1.82) is 0 Å². The van der Waals surface area contributed by atoms with Crippen molar-refractivity contribution < 1.29 is 13.9 Å². The third-order valence-electron chi connectivity index (χ3n) is 4.81. The topological polar surface area (TPSA) is 69.0 Å². The van der Waals surface area contributed by atoms with Crippen molar-refractivity contribution >= 4 is 35.0 Å². The van der Waals surface area contributed by atoms with E-state index in [1.54, 1.807) is 13.0 Å². The van der Waals surface area contributed by atoms with Gasteiger partial charge >= 0.3 is 0 Å². The molecule has 1 N–H and O–H groups in total. The second-order valence-electron chi connectivity index (χ2n) is 7.69. The smallest absolute Gasteiger partial charge is 0.234 e. The van der Waals surface area contributed by atoms with Crippen LogP contribution >= 0.6 is 23.4 Å². The second-order valence-corrected chi connectivity index (χ2v) is 9.04. The maximum absolute atomic E-state index is 13.3. The molecule has 0 saturated carbocycles. The van der Waals surface area contributed by atoms with Gasteiger partial charge in [0.15, 0.2) is 17.1 Å². The average molecular weight is 489 g/mol. The molecule has 0 bridgehead atoms. The number of carbonyl (C=O) groups is 1. The summed E-state index contributed by atoms with van der Waals surface area (Å²) in [7, 11) is 0. The lowest BCUT2D eigenvalue weighted by atomic mass is 10.0. The number of aromatic nitrogens is 3. The van der Waals surface area contributed by atoms with Crippen LogP contribution in [-0.2, 0) is 11.3 Å². The Morgan fingerprint density at radius 1 is 1.24 bits per heavy atom. The minimum absolute atomic E-state index is 0.144. The fraction of sp³-hybridized carbons (Fsp3) is 0.292. The lowest BCUT2D eigenvalue weighted by molar-refractivity contribution is -0.113.